The number of carbonyl (C=O) groups is 1. The molecule has 0 radical (unpaired) electrons. The zero-order chi connectivity index (χ0) is 16.2. The van der Waals surface area contributed by atoms with Crippen LogP contribution in [0.2, 0.25) is 13.1 Å². The molecule has 1 aliphatic heterocycles. The van der Waals surface area contributed by atoms with Gasteiger partial charge in [-0.2, -0.15) is 0 Å². The highest BCUT2D eigenvalue weighted by atomic mass is 28.3. The van der Waals surface area contributed by atoms with Gasteiger partial charge in [0.2, 0.25) is 5.91 Å². The first-order valence-electron chi connectivity index (χ1n) is 8.36. The highest BCUT2D eigenvalue weighted by molar-refractivity contribution is 6.48. The fourth-order valence-electron chi connectivity index (χ4n) is 3.01. The van der Waals surface area contributed by atoms with Crippen LogP contribution in [0, 0.1) is 11.3 Å². The van der Waals surface area contributed by atoms with Crippen molar-refractivity contribution < 1.29 is 9.22 Å². The Balaban J connectivity index is 2.98. The summed E-state index contributed by atoms with van der Waals surface area (Å²) in [5, 5.41) is 0. The largest absolute Gasteiger partial charge is 0.415 e. The average molecular weight is 315 g/mol. The number of amides is 1. The molecule has 0 spiro atoms. The van der Waals surface area contributed by atoms with Gasteiger partial charge in [-0.25, -0.2) is 0 Å². The molecule has 1 amide bonds. The van der Waals surface area contributed by atoms with Gasteiger partial charge in [0.1, 0.15) is 0 Å². The van der Waals surface area contributed by atoms with Crippen LogP contribution in [0.3, 0.4) is 0 Å². The lowest BCUT2D eigenvalue weighted by molar-refractivity contribution is -0.131. The van der Waals surface area contributed by atoms with E-state index in [9.17, 15) is 4.79 Å². The fraction of sp³-hybridized carbons (Fsp3) is 0.938. The number of hydrogen-bond acceptors (Lipinski definition) is 3. The van der Waals surface area contributed by atoms with Gasteiger partial charge in [-0.05, 0) is 43.8 Å². The maximum atomic E-state index is 12.2. The van der Waals surface area contributed by atoms with Crippen molar-refractivity contribution in [1.82, 2.24) is 4.90 Å². The SMILES string of the molecule is CC(C)C(C)(C)[C@H](O[SiH](C)C)C1CCC(=O)N1CCCN. The molecule has 124 valence electrons. The molecule has 0 saturated carbocycles. The Morgan fingerprint density at radius 1 is 1.43 bits per heavy atom. The fourth-order valence-corrected chi connectivity index (χ4v) is 4.12. The van der Waals surface area contributed by atoms with Crippen molar-refractivity contribution in [1.29, 1.82) is 0 Å². The smallest absolute Gasteiger partial charge is 0.222 e. The summed E-state index contributed by atoms with van der Waals surface area (Å²) in [7, 11) is -1.16. The van der Waals surface area contributed by atoms with Crippen molar-refractivity contribution in [2.45, 2.75) is 72.2 Å². The van der Waals surface area contributed by atoms with Crippen molar-refractivity contribution >= 4 is 14.9 Å². The Morgan fingerprint density at radius 2 is 2.05 bits per heavy atom. The monoisotopic (exact) mass is 314 g/mol. The second-order valence-electron chi connectivity index (χ2n) is 7.42. The predicted molar refractivity (Wildman–Crippen MR) is 90.8 cm³/mol. The first-order chi connectivity index (χ1) is 9.71. The number of rotatable bonds is 8. The molecule has 0 aromatic rings. The molecule has 1 rings (SSSR count). The van der Waals surface area contributed by atoms with Gasteiger partial charge >= 0.3 is 0 Å². The van der Waals surface area contributed by atoms with Crippen LogP contribution in [0.5, 0.6) is 0 Å². The van der Waals surface area contributed by atoms with E-state index in [0.29, 0.717) is 18.9 Å². The van der Waals surface area contributed by atoms with Gasteiger partial charge in [-0.15, -0.1) is 0 Å². The van der Waals surface area contributed by atoms with Gasteiger partial charge in [0.25, 0.3) is 0 Å². The molecule has 0 aliphatic carbocycles. The summed E-state index contributed by atoms with van der Waals surface area (Å²) in [6.07, 6.45) is 2.58. The minimum Gasteiger partial charge on any atom is -0.415 e. The molecule has 5 heteroatoms. The van der Waals surface area contributed by atoms with Gasteiger partial charge in [0.05, 0.1) is 12.1 Å². The van der Waals surface area contributed by atoms with E-state index in [0.717, 1.165) is 19.4 Å². The minimum atomic E-state index is -1.16. The molecule has 1 unspecified atom stereocenters. The Labute approximate surface area is 132 Å². The predicted octanol–water partition coefficient (Wildman–Crippen LogP) is 2.38. The van der Waals surface area contributed by atoms with E-state index in [2.05, 4.69) is 40.8 Å². The first-order valence-corrected chi connectivity index (χ1v) is 11.1. The van der Waals surface area contributed by atoms with Crippen LogP contribution in [-0.2, 0) is 9.22 Å². The number of hydrogen-bond donors (Lipinski definition) is 1. The van der Waals surface area contributed by atoms with Gasteiger partial charge in [0, 0.05) is 13.0 Å². The molecule has 1 heterocycles. The number of nitrogens with two attached hydrogens (primary N) is 1. The van der Waals surface area contributed by atoms with Gasteiger partial charge in [0.15, 0.2) is 9.04 Å². The Morgan fingerprint density at radius 3 is 2.52 bits per heavy atom. The molecule has 2 atom stereocenters. The van der Waals surface area contributed by atoms with Crippen LogP contribution in [-0.4, -0.2) is 45.1 Å². The van der Waals surface area contributed by atoms with Crippen LogP contribution >= 0.6 is 0 Å². The van der Waals surface area contributed by atoms with E-state index in [1.165, 1.54) is 0 Å². The third-order valence-electron chi connectivity index (χ3n) is 4.97. The third kappa shape index (κ3) is 4.54. The van der Waals surface area contributed by atoms with Crippen molar-refractivity contribution in [2.24, 2.45) is 17.1 Å². The second kappa shape index (κ2) is 7.74. The van der Waals surface area contributed by atoms with Gasteiger partial charge in [-0.3, -0.25) is 4.79 Å². The zero-order valence-electron chi connectivity index (χ0n) is 14.7. The van der Waals surface area contributed by atoms with E-state index >= 15 is 0 Å². The maximum Gasteiger partial charge on any atom is 0.222 e. The van der Waals surface area contributed by atoms with Crippen LogP contribution in [0.25, 0.3) is 0 Å². The number of carbonyl (C=O) groups excluding carboxylic acids is 1. The zero-order valence-corrected chi connectivity index (χ0v) is 15.8. The van der Waals surface area contributed by atoms with Crippen LogP contribution < -0.4 is 5.73 Å². The molecule has 2 N–H and O–H groups in total. The molecular formula is C16H34N2O2Si. The molecular weight excluding hydrogens is 280 g/mol. The average Bonchev–Trinajstić information content (AvgIpc) is 2.74. The summed E-state index contributed by atoms with van der Waals surface area (Å²) in [6, 6.07) is 0.219. The quantitative estimate of drug-likeness (QED) is 0.700. The van der Waals surface area contributed by atoms with Crippen molar-refractivity contribution in [2.75, 3.05) is 13.1 Å². The lowest BCUT2D eigenvalue weighted by atomic mass is 9.73. The Bertz CT molecular complexity index is 345. The lowest BCUT2D eigenvalue weighted by Crippen LogP contribution is -2.52. The van der Waals surface area contributed by atoms with E-state index < -0.39 is 9.04 Å². The van der Waals surface area contributed by atoms with E-state index in [4.69, 9.17) is 10.2 Å². The van der Waals surface area contributed by atoms with E-state index in [1.54, 1.807) is 0 Å². The molecule has 1 fully saturated rings. The molecule has 21 heavy (non-hydrogen) atoms. The number of nitrogens with zero attached hydrogens (tertiary/aromatic N) is 1. The summed E-state index contributed by atoms with van der Waals surface area (Å²) >= 11 is 0. The molecule has 1 aliphatic rings. The third-order valence-corrected chi connectivity index (χ3v) is 5.80. The summed E-state index contributed by atoms with van der Waals surface area (Å²) < 4.78 is 6.43. The van der Waals surface area contributed by atoms with Gasteiger partial charge < -0.3 is 15.1 Å². The first kappa shape index (κ1) is 18.7. The lowest BCUT2D eigenvalue weighted by Gasteiger charge is -2.45. The van der Waals surface area contributed by atoms with E-state index in [-0.39, 0.29) is 23.5 Å². The molecule has 0 bridgehead atoms. The standard InChI is InChI=1S/C16H34N2O2Si/c1-12(2)16(3,4)15(20-21(5)6)13-8-9-14(19)18(13)11-7-10-17/h12-13,15,21H,7-11,17H2,1-6H3/t13?,15-/m1/s1. The Hall–Kier alpha value is -0.393. The van der Waals surface area contributed by atoms with Crippen molar-refractivity contribution in [3.8, 4) is 0 Å². The maximum absolute atomic E-state index is 12.2. The normalized spacial score (nSPS) is 21.7. The minimum absolute atomic E-state index is 0.0630. The van der Waals surface area contributed by atoms with Crippen LogP contribution in [0.15, 0.2) is 0 Å². The second-order valence-corrected chi connectivity index (χ2v) is 9.79. The van der Waals surface area contributed by atoms with Gasteiger partial charge in [-0.1, -0.05) is 27.7 Å². The van der Waals surface area contributed by atoms with Crippen LogP contribution in [0.1, 0.15) is 47.0 Å². The highest BCUT2D eigenvalue weighted by Gasteiger charge is 2.45. The highest BCUT2D eigenvalue weighted by Crippen LogP contribution is 2.39. The molecule has 4 nitrogen and oxygen atoms in total. The van der Waals surface area contributed by atoms with E-state index in [1.807, 2.05) is 4.90 Å². The molecule has 0 aromatic heterocycles. The molecule has 1 saturated heterocycles. The Kier molecular flexibility index (Phi) is 6.88. The summed E-state index contributed by atoms with van der Waals surface area (Å²) in [6.45, 7) is 14.9. The topological polar surface area (TPSA) is 55.6 Å². The summed E-state index contributed by atoms with van der Waals surface area (Å²) in [4.78, 5) is 14.3. The summed E-state index contributed by atoms with van der Waals surface area (Å²) in [5.41, 5.74) is 5.69. The summed E-state index contributed by atoms with van der Waals surface area (Å²) in [5.74, 6) is 0.786. The van der Waals surface area contributed by atoms with Crippen molar-refractivity contribution in [3.05, 3.63) is 0 Å². The number of likely N-dealkylation sites (tertiary alicyclic amines) is 1. The van der Waals surface area contributed by atoms with Crippen LogP contribution in [0.4, 0.5) is 0 Å². The molecule has 0 aromatic carbocycles. The van der Waals surface area contributed by atoms with Crippen molar-refractivity contribution in [3.63, 3.8) is 0 Å².